The van der Waals surface area contributed by atoms with Crippen LogP contribution in [0.5, 0.6) is 0 Å². The van der Waals surface area contributed by atoms with Gasteiger partial charge in [0.1, 0.15) is 5.82 Å². The van der Waals surface area contributed by atoms with E-state index in [0.29, 0.717) is 5.92 Å². The first-order valence-electron chi connectivity index (χ1n) is 7.69. The number of rotatable bonds is 6. The van der Waals surface area contributed by atoms with E-state index in [1.807, 2.05) is 6.07 Å². The molecule has 20 heavy (non-hydrogen) atoms. The van der Waals surface area contributed by atoms with Gasteiger partial charge in [-0.25, -0.2) is 4.98 Å². The van der Waals surface area contributed by atoms with Gasteiger partial charge in [-0.05, 0) is 37.9 Å². The van der Waals surface area contributed by atoms with Crippen LogP contribution in [0.25, 0.3) is 11.0 Å². The summed E-state index contributed by atoms with van der Waals surface area (Å²) in [5.74, 6) is 1.75. The monoisotopic (exact) mass is 269 g/mol. The van der Waals surface area contributed by atoms with Crippen LogP contribution in [0, 0.1) is 0 Å². The second-order valence-electron chi connectivity index (χ2n) is 5.62. The lowest BCUT2D eigenvalue weighted by Gasteiger charge is -2.38. The normalized spacial score (nSPS) is 17.1. The molecule has 2 heterocycles. The molecule has 3 rings (SSSR count). The summed E-state index contributed by atoms with van der Waals surface area (Å²) < 4.78 is 0. The van der Waals surface area contributed by atoms with Gasteiger partial charge in [-0.2, -0.15) is 0 Å². The minimum atomic E-state index is 0.591. The van der Waals surface area contributed by atoms with E-state index in [0.717, 1.165) is 36.4 Å². The molecule has 3 nitrogen and oxygen atoms in total. The second kappa shape index (κ2) is 6.23. The lowest BCUT2D eigenvalue weighted by molar-refractivity contribution is 0.142. The Hall–Kier alpha value is -1.61. The predicted molar refractivity (Wildman–Crippen MR) is 83.9 cm³/mol. The van der Waals surface area contributed by atoms with Crippen LogP contribution >= 0.6 is 0 Å². The molecule has 0 saturated carbocycles. The number of likely N-dealkylation sites (tertiary alicyclic amines) is 1. The van der Waals surface area contributed by atoms with Crippen LogP contribution in [0.3, 0.4) is 0 Å². The largest absolute Gasteiger partial charge is 0.342 e. The molecule has 1 saturated heterocycles. The van der Waals surface area contributed by atoms with Crippen LogP contribution in [0.15, 0.2) is 36.4 Å². The van der Waals surface area contributed by atoms with Gasteiger partial charge in [0, 0.05) is 19.0 Å². The molecule has 1 aromatic heterocycles. The fourth-order valence-electron chi connectivity index (χ4n) is 2.81. The molecule has 0 amide bonds. The van der Waals surface area contributed by atoms with E-state index >= 15 is 0 Å². The lowest BCUT2D eigenvalue weighted by atomic mass is 9.99. The molecule has 0 unspecified atom stereocenters. The zero-order valence-electron chi connectivity index (χ0n) is 12.2. The Morgan fingerprint density at radius 1 is 1.30 bits per heavy atom. The number of hydrogen-bond donors (Lipinski definition) is 1. The summed E-state index contributed by atoms with van der Waals surface area (Å²) in [5, 5.41) is 0. The minimum absolute atomic E-state index is 0.591. The van der Waals surface area contributed by atoms with Gasteiger partial charge in [0.15, 0.2) is 0 Å². The first-order valence-corrected chi connectivity index (χ1v) is 7.69. The first kappa shape index (κ1) is 13.4. The van der Waals surface area contributed by atoms with Crippen molar-refractivity contribution in [1.29, 1.82) is 0 Å². The summed E-state index contributed by atoms with van der Waals surface area (Å²) in [4.78, 5) is 10.7. The number of aromatic nitrogens is 2. The summed E-state index contributed by atoms with van der Waals surface area (Å²) in [7, 11) is 0. The zero-order valence-corrected chi connectivity index (χ0v) is 12.2. The summed E-state index contributed by atoms with van der Waals surface area (Å²) in [6.45, 7) is 5.70. The second-order valence-corrected chi connectivity index (χ2v) is 5.62. The molecule has 1 N–H and O–H groups in total. The third-order valence-electron chi connectivity index (χ3n) is 4.00. The number of allylic oxidation sites excluding steroid dienone is 2. The third kappa shape index (κ3) is 2.93. The van der Waals surface area contributed by atoms with Gasteiger partial charge < -0.3 is 9.88 Å². The average molecular weight is 269 g/mol. The molecule has 3 heteroatoms. The van der Waals surface area contributed by atoms with Crippen LogP contribution in [-0.4, -0.2) is 34.5 Å². The number of nitrogens with one attached hydrogen (secondary N) is 1. The Balaban J connectivity index is 1.46. The quantitative estimate of drug-likeness (QED) is 0.640. The van der Waals surface area contributed by atoms with Crippen LogP contribution in [0.2, 0.25) is 0 Å². The molecular weight excluding hydrogens is 246 g/mol. The van der Waals surface area contributed by atoms with Gasteiger partial charge >= 0.3 is 0 Å². The molecule has 1 aliphatic rings. The average Bonchev–Trinajstić information content (AvgIpc) is 2.83. The van der Waals surface area contributed by atoms with Crippen molar-refractivity contribution in [1.82, 2.24) is 14.9 Å². The SMILES string of the molecule is CCC=CCCCN1CC(c2nc3ccccc3[nH]2)C1. The van der Waals surface area contributed by atoms with Gasteiger partial charge in [-0.3, -0.25) is 0 Å². The summed E-state index contributed by atoms with van der Waals surface area (Å²) in [6.07, 6.45) is 8.19. The summed E-state index contributed by atoms with van der Waals surface area (Å²) in [5.41, 5.74) is 2.25. The maximum atomic E-state index is 4.70. The molecule has 1 aliphatic heterocycles. The molecule has 0 radical (unpaired) electrons. The molecule has 0 atom stereocenters. The maximum absolute atomic E-state index is 4.70. The standard InChI is InChI=1S/C17H23N3/c1-2-3-4-5-8-11-20-12-14(13-20)17-18-15-9-6-7-10-16(15)19-17/h3-4,6-7,9-10,14H,2,5,8,11-13H2,1H3,(H,18,19). The van der Waals surface area contributed by atoms with E-state index < -0.39 is 0 Å². The lowest BCUT2D eigenvalue weighted by Crippen LogP contribution is -2.45. The number of fused-ring (bicyclic) bond motifs is 1. The fraction of sp³-hybridized carbons (Fsp3) is 0.471. The highest BCUT2D eigenvalue weighted by molar-refractivity contribution is 5.74. The molecule has 106 valence electrons. The van der Waals surface area contributed by atoms with Crippen LogP contribution in [0.1, 0.15) is 37.9 Å². The van der Waals surface area contributed by atoms with Gasteiger partial charge in [0.25, 0.3) is 0 Å². The summed E-state index contributed by atoms with van der Waals surface area (Å²) >= 11 is 0. The number of H-pyrrole nitrogens is 1. The molecule has 0 bridgehead atoms. The highest BCUT2D eigenvalue weighted by Gasteiger charge is 2.29. The van der Waals surface area contributed by atoms with E-state index in [4.69, 9.17) is 4.98 Å². The number of unbranched alkanes of at least 4 members (excludes halogenated alkanes) is 1. The first-order chi connectivity index (χ1) is 9.86. The fourth-order valence-corrected chi connectivity index (χ4v) is 2.81. The Kier molecular flexibility index (Phi) is 4.16. The molecule has 0 aliphatic carbocycles. The maximum Gasteiger partial charge on any atom is 0.112 e. The highest BCUT2D eigenvalue weighted by atomic mass is 15.2. The Morgan fingerprint density at radius 3 is 2.95 bits per heavy atom. The number of benzene rings is 1. The van der Waals surface area contributed by atoms with Crippen molar-refractivity contribution >= 4 is 11.0 Å². The van der Waals surface area contributed by atoms with Crippen molar-refractivity contribution in [2.45, 2.75) is 32.1 Å². The van der Waals surface area contributed by atoms with E-state index in [9.17, 15) is 0 Å². The number of hydrogen-bond acceptors (Lipinski definition) is 2. The van der Waals surface area contributed by atoms with Crippen molar-refractivity contribution in [3.05, 3.63) is 42.2 Å². The van der Waals surface area contributed by atoms with Gasteiger partial charge in [-0.15, -0.1) is 0 Å². The van der Waals surface area contributed by atoms with E-state index in [1.54, 1.807) is 0 Å². The summed E-state index contributed by atoms with van der Waals surface area (Å²) in [6, 6.07) is 8.28. The molecule has 0 spiro atoms. The zero-order chi connectivity index (χ0) is 13.8. The van der Waals surface area contributed by atoms with Gasteiger partial charge in [-0.1, -0.05) is 31.2 Å². The van der Waals surface area contributed by atoms with Crippen LogP contribution in [0.4, 0.5) is 0 Å². The van der Waals surface area contributed by atoms with Crippen molar-refractivity contribution in [3.63, 3.8) is 0 Å². The van der Waals surface area contributed by atoms with Crippen LogP contribution < -0.4 is 0 Å². The van der Waals surface area contributed by atoms with Crippen molar-refractivity contribution < 1.29 is 0 Å². The molecule has 1 aromatic carbocycles. The highest BCUT2D eigenvalue weighted by Crippen LogP contribution is 2.26. The van der Waals surface area contributed by atoms with Crippen LogP contribution in [-0.2, 0) is 0 Å². The van der Waals surface area contributed by atoms with E-state index in [2.05, 4.69) is 47.2 Å². The number of para-hydroxylation sites is 2. The van der Waals surface area contributed by atoms with Gasteiger partial charge in [0.05, 0.1) is 11.0 Å². The van der Waals surface area contributed by atoms with E-state index in [-0.39, 0.29) is 0 Å². The Morgan fingerprint density at radius 2 is 2.15 bits per heavy atom. The van der Waals surface area contributed by atoms with Crippen molar-refractivity contribution in [3.8, 4) is 0 Å². The number of nitrogens with zero attached hydrogens (tertiary/aromatic N) is 2. The topological polar surface area (TPSA) is 31.9 Å². The number of imidazole rings is 1. The number of aromatic amines is 1. The predicted octanol–water partition coefficient (Wildman–Crippen LogP) is 3.71. The smallest absolute Gasteiger partial charge is 0.112 e. The van der Waals surface area contributed by atoms with E-state index in [1.165, 1.54) is 19.4 Å². The molecule has 2 aromatic rings. The van der Waals surface area contributed by atoms with Gasteiger partial charge in [0.2, 0.25) is 0 Å². The van der Waals surface area contributed by atoms with Crippen molar-refractivity contribution in [2.24, 2.45) is 0 Å². The Bertz CT molecular complexity index is 546. The van der Waals surface area contributed by atoms with Crippen molar-refractivity contribution in [2.75, 3.05) is 19.6 Å². The minimum Gasteiger partial charge on any atom is -0.342 e. The Labute approximate surface area is 120 Å². The molecular formula is C17H23N3. The molecule has 1 fully saturated rings. The third-order valence-corrected chi connectivity index (χ3v) is 4.00.